The Morgan fingerprint density at radius 1 is 1.06 bits per heavy atom. The first-order valence-corrected chi connectivity index (χ1v) is 5.50. The van der Waals surface area contributed by atoms with E-state index in [2.05, 4.69) is 10.3 Å². The molecular weight excluding hydrogens is 212 g/mol. The van der Waals surface area contributed by atoms with Gasteiger partial charge in [-0.05, 0) is 30.3 Å². The normalized spacial score (nSPS) is 10.6. The molecule has 0 spiro atoms. The lowest BCUT2D eigenvalue weighted by atomic mass is 10.2. The van der Waals surface area contributed by atoms with E-state index in [0.29, 0.717) is 5.89 Å². The maximum absolute atomic E-state index is 5.71. The Labute approximate surface area is 99.1 Å². The van der Waals surface area contributed by atoms with Gasteiger partial charge in [-0.2, -0.15) is 0 Å². The standard InChI is InChI=1S/C14H12N2O/c1-15-11-7-8-13-12(9-11)16-14(17-13)10-5-3-2-4-6-10/h2-9,15H,1H3. The molecule has 0 saturated heterocycles. The predicted octanol–water partition coefficient (Wildman–Crippen LogP) is 3.54. The van der Waals surface area contributed by atoms with E-state index in [0.717, 1.165) is 22.4 Å². The Bertz CT molecular complexity index is 644. The van der Waals surface area contributed by atoms with Gasteiger partial charge in [0.1, 0.15) is 5.52 Å². The third-order valence-electron chi connectivity index (χ3n) is 2.70. The monoisotopic (exact) mass is 224 g/mol. The molecule has 3 nitrogen and oxygen atoms in total. The molecule has 0 aliphatic carbocycles. The van der Waals surface area contributed by atoms with Crippen molar-refractivity contribution in [3.63, 3.8) is 0 Å². The van der Waals surface area contributed by atoms with E-state index in [9.17, 15) is 0 Å². The van der Waals surface area contributed by atoms with Crippen molar-refractivity contribution >= 4 is 16.8 Å². The van der Waals surface area contributed by atoms with Crippen LogP contribution in [0.1, 0.15) is 0 Å². The van der Waals surface area contributed by atoms with Gasteiger partial charge >= 0.3 is 0 Å². The summed E-state index contributed by atoms with van der Waals surface area (Å²) in [5.41, 5.74) is 3.71. The van der Waals surface area contributed by atoms with E-state index in [-0.39, 0.29) is 0 Å². The lowest BCUT2D eigenvalue weighted by Crippen LogP contribution is -1.86. The Morgan fingerprint density at radius 3 is 2.65 bits per heavy atom. The number of benzene rings is 2. The molecule has 0 bridgehead atoms. The Balaban J connectivity index is 2.14. The molecule has 1 N–H and O–H groups in total. The van der Waals surface area contributed by atoms with Gasteiger partial charge < -0.3 is 9.73 Å². The van der Waals surface area contributed by atoms with Gasteiger partial charge in [0.05, 0.1) is 0 Å². The van der Waals surface area contributed by atoms with Crippen LogP contribution < -0.4 is 5.32 Å². The molecule has 0 aliphatic heterocycles. The van der Waals surface area contributed by atoms with Gasteiger partial charge in [-0.3, -0.25) is 0 Å². The molecule has 1 heterocycles. The molecule has 0 aliphatic rings. The molecule has 17 heavy (non-hydrogen) atoms. The number of aromatic nitrogens is 1. The highest BCUT2D eigenvalue weighted by Gasteiger charge is 2.07. The van der Waals surface area contributed by atoms with Crippen molar-refractivity contribution in [2.75, 3.05) is 12.4 Å². The van der Waals surface area contributed by atoms with Crippen molar-refractivity contribution in [3.8, 4) is 11.5 Å². The number of hydrogen-bond acceptors (Lipinski definition) is 3. The second kappa shape index (κ2) is 3.94. The Morgan fingerprint density at radius 2 is 1.88 bits per heavy atom. The van der Waals surface area contributed by atoms with Crippen molar-refractivity contribution in [1.82, 2.24) is 4.98 Å². The first kappa shape index (κ1) is 9.90. The van der Waals surface area contributed by atoms with Crippen LogP contribution in [0.2, 0.25) is 0 Å². The molecule has 0 saturated carbocycles. The second-order valence-electron chi connectivity index (χ2n) is 3.82. The molecule has 3 rings (SSSR count). The molecule has 1 aromatic heterocycles. The van der Waals surface area contributed by atoms with Gasteiger partial charge in [0.25, 0.3) is 0 Å². The summed E-state index contributed by atoms with van der Waals surface area (Å²) in [4.78, 5) is 4.48. The van der Waals surface area contributed by atoms with Gasteiger partial charge in [-0.15, -0.1) is 0 Å². The maximum atomic E-state index is 5.71. The summed E-state index contributed by atoms with van der Waals surface area (Å²) in [6, 6.07) is 15.8. The summed E-state index contributed by atoms with van der Waals surface area (Å²) in [5.74, 6) is 0.661. The largest absolute Gasteiger partial charge is 0.436 e. The second-order valence-corrected chi connectivity index (χ2v) is 3.82. The van der Waals surface area contributed by atoms with Crippen molar-refractivity contribution in [1.29, 1.82) is 0 Å². The van der Waals surface area contributed by atoms with Crippen molar-refractivity contribution < 1.29 is 4.42 Å². The number of fused-ring (bicyclic) bond motifs is 1. The van der Waals surface area contributed by atoms with Gasteiger partial charge in [-0.25, -0.2) is 4.98 Å². The third-order valence-corrected chi connectivity index (χ3v) is 2.70. The van der Waals surface area contributed by atoms with Crippen LogP contribution in [0.25, 0.3) is 22.6 Å². The zero-order valence-electron chi connectivity index (χ0n) is 9.47. The highest BCUT2D eigenvalue weighted by atomic mass is 16.3. The lowest BCUT2D eigenvalue weighted by molar-refractivity contribution is 0.620. The molecule has 0 amide bonds. The average molecular weight is 224 g/mol. The van der Waals surface area contributed by atoms with Crippen LogP contribution in [0.15, 0.2) is 52.9 Å². The summed E-state index contributed by atoms with van der Waals surface area (Å²) in [6.07, 6.45) is 0. The molecule has 0 atom stereocenters. The van der Waals surface area contributed by atoms with Crippen LogP contribution in [0.5, 0.6) is 0 Å². The molecule has 3 heteroatoms. The smallest absolute Gasteiger partial charge is 0.227 e. The molecule has 2 aromatic carbocycles. The van der Waals surface area contributed by atoms with Crippen LogP contribution in [0, 0.1) is 0 Å². The highest BCUT2D eigenvalue weighted by Crippen LogP contribution is 2.25. The van der Waals surface area contributed by atoms with Crippen LogP contribution in [-0.2, 0) is 0 Å². The van der Waals surface area contributed by atoms with Gasteiger partial charge in [-0.1, -0.05) is 18.2 Å². The number of nitrogens with one attached hydrogen (secondary N) is 1. The molecule has 3 aromatic rings. The molecule has 0 fully saturated rings. The Hall–Kier alpha value is -2.29. The average Bonchev–Trinajstić information content (AvgIpc) is 2.82. The molecular formula is C14H12N2O. The summed E-state index contributed by atoms with van der Waals surface area (Å²) >= 11 is 0. The molecule has 0 unspecified atom stereocenters. The van der Waals surface area contributed by atoms with E-state index in [1.165, 1.54) is 0 Å². The number of rotatable bonds is 2. The predicted molar refractivity (Wildman–Crippen MR) is 69.0 cm³/mol. The summed E-state index contributed by atoms with van der Waals surface area (Å²) in [6.45, 7) is 0. The van der Waals surface area contributed by atoms with Crippen LogP contribution in [0.3, 0.4) is 0 Å². The van der Waals surface area contributed by atoms with Crippen molar-refractivity contribution in [2.24, 2.45) is 0 Å². The van der Waals surface area contributed by atoms with E-state index < -0.39 is 0 Å². The van der Waals surface area contributed by atoms with E-state index in [1.54, 1.807) is 0 Å². The van der Waals surface area contributed by atoms with E-state index >= 15 is 0 Å². The topological polar surface area (TPSA) is 38.1 Å². The zero-order valence-corrected chi connectivity index (χ0v) is 9.47. The summed E-state index contributed by atoms with van der Waals surface area (Å²) < 4.78 is 5.71. The first-order valence-electron chi connectivity index (χ1n) is 5.50. The minimum Gasteiger partial charge on any atom is -0.436 e. The van der Waals surface area contributed by atoms with Crippen molar-refractivity contribution in [2.45, 2.75) is 0 Å². The minimum atomic E-state index is 0.661. The zero-order chi connectivity index (χ0) is 11.7. The third kappa shape index (κ3) is 1.76. The molecule has 0 radical (unpaired) electrons. The maximum Gasteiger partial charge on any atom is 0.227 e. The van der Waals surface area contributed by atoms with Crippen LogP contribution in [0.4, 0.5) is 5.69 Å². The fourth-order valence-corrected chi connectivity index (χ4v) is 1.79. The SMILES string of the molecule is CNc1ccc2oc(-c3ccccc3)nc2c1. The summed E-state index contributed by atoms with van der Waals surface area (Å²) in [7, 11) is 1.89. The minimum absolute atomic E-state index is 0.661. The van der Waals surface area contributed by atoms with Crippen molar-refractivity contribution in [3.05, 3.63) is 48.5 Å². The number of anilines is 1. The Kier molecular flexibility index (Phi) is 2.29. The number of hydrogen-bond donors (Lipinski definition) is 1. The number of oxazole rings is 1. The number of nitrogens with zero attached hydrogens (tertiary/aromatic N) is 1. The van der Waals surface area contributed by atoms with Gasteiger partial charge in [0.2, 0.25) is 5.89 Å². The van der Waals surface area contributed by atoms with Gasteiger partial charge in [0, 0.05) is 18.3 Å². The molecule has 84 valence electrons. The fraction of sp³-hybridized carbons (Fsp3) is 0.0714. The van der Waals surface area contributed by atoms with E-state index in [1.807, 2.05) is 55.6 Å². The highest BCUT2D eigenvalue weighted by molar-refractivity contribution is 5.79. The van der Waals surface area contributed by atoms with E-state index in [4.69, 9.17) is 4.42 Å². The fourth-order valence-electron chi connectivity index (χ4n) is 1.79. The lowest BCUT2D eigenvalue weighted by Gasteiger charge is -1.96. The van der Waals surface area contributed by atoms with Crippen LogP contribution in [-0.4, -0.2) is 12.0 Å². The quantitative estimate of drug-likeness (QED) is 0.723. The summed E-state index contributed by atoms with van der Waals surface area (Å²) in [5, 5.41) is 3.09. The van der Waals surface area contributed by atoms with Gasteiger partial charge in [0.15, 0.2) is 5.58 Å². The van der Waals surface area contributed by atoms with Crippen LogP contribution >= 0.6 is 0 Å². The first-order chi connectivity index (χ1) is 8.36.